The molecule has 0 bridgehead atoms. The highest BCUT2D eigenvalue weighted by Crippen LogP contribution is 2.19. The number of fused-ring (bicyclic) bond motifs is 2. The molecule has 11 heteroatoms. The second kappa shape index (κ2) is 13.8. The monoisotopic (exact) mass is 562 g/mol. The number of carbonyl (C=O) groups excluding carboxylic acids is 4. The highest BCUT2D eigenvalue weighted by molar-refractivity contribution is 6.01. The summed E-state index contributed by atoms with van der Waals surface area (Å²) >= 11 is 0. The van der Waals surface area contributed by atoms with Crippen molar-refractivity contribution in [3.63, 3.8) is 0 Å². The lowest BCUT2D eigenvalue weighted by Gasteiger charge is -2.27. The molecule has 1 aliphatic rings. The lowest BCUT2D eigenvalue weighted by molar-refractivity contribution is -0.135. The Bertz CT molecular complexity index is 1360. The molecule has 41 heavy (non-hydrogen) atoms. The molecule has 4 amide bonds. The van der Waals surface area contributed by atoms with Crippen molar-refractivity contribution in [3.8, 4) is 5.75 Å². The van der Waals surface area contributed by atoms with Gasteiger partial charge in [0.1, 0.15) is 30.3 Å². The van der Waals surface area contributed by atoms with Crippen LogP contribution >= 0.6 is 0 Å². The van der Waals surface area contributed by atoms with Gasteiger partial charge < -0.3 is 30.6 Å². The van der Waals surface area contributed by atoms with Crippen molar-refractivity contribution in [2.24, 2.45) is 5.92 Å². The quantitative estimate of drug-likeness (QED) is 0.347. The number of hydrogen-bond donors (Lipinski definition) is 4. The Kier molecular flexibility index (Phi) is 9.94. The number of aromatic nitrogens is 2. The standard InChI is InChI=1S/C30H38N6O5/c1-4-19(2)27-29(39)31-15-17-41-24-13-8-5-10-20(24)28(38)34-23(18-26(37)35-27)30(40)36(3)16-9-14-25-32-21-11-6-7-12-22(21)33-25/h5-8,10-13,19,23,27H,4,9,14-18H2,1-3H3,(H,31,39)(H,32,33)(H,34,38)(H,35,37)/t19-,23-,27-/m0/s1. The summed E-state index contributed by atoms with van der Waals surface area (Å²) in [6, 6.07) is 12.5. The van der Waals surface area contributed by atoms with Crippen LogP contribution in [-0.2, 0) is 20.8 Å². The molecule has 0 unspecified atom stereocenters. The van der Waals surface area contributed by atoms with Crippen LogP contribution in [0.5, 0.6) is 5.75 Å². The van der Waals surface area contributed by atoms with Crippen molar-refractivity contribution in [2.75, 3.05) is 26.7 Å². The number of hydrogen-bond acceptors (Lipinski definition) is 6. The zero-order valence-corrected chi connectivity index (χ0v) is 23.7. The third-order valence-electron chi connectivity index (χ3n) is 7.32. The van der Waals surface area contributed by atoms with Crippen LogP contribution in [0.15, 0.2) is 48.5 Å². The van der Waals surface area contributed by atoms with E-state index in [0.717, 1.165) is 16.9 Å². The number of carbonyl (C=O) groups is 4. The van der Waals surface area contributed by atoms with Crippen LogP contribution in [-0.4, -0.2) is 77.3 Å². The first-order valence-electron chi connectivity index (χ1n) is 14.0. The fourth-order valence-corrected chi connectivity index (χ4v) is 4.76. The minimum atomic E-state index is -1.14. The van der Waals surface area contributed by atoms with Crippen molar-refractivity contribution in [1.82, 2.24) is 30.8 Å². The number of aryl methyl sites for hydroxylation is 1. The van der Waals surface area contributed by atoms with E-state index >= 15 is 0 Å². The largest absolute Gasteiger partial charge is 0.491 e. The van der Waals surface area contributed by atoms with Crippen molar-refractivity contribution >= 4 is 34.7 Å². The number of nitrogens with one attached hydrogen (secondary N) is 4. The van der Waals surface area contributed by atoms with Gasteiger partial charge in [-0.1, -0.05) is 44.5 Å². The molecule has 2 heterocycles. The van der Waals surface area contributed by atoms with Crippen LogP contribution in [0.4, 0.5) is 0 Å². The van der Waals surface area contributed by atoms with Crippen LogP contribution in [0, 0.1) is 5.92 Å². The topological polar surface area (TPSA) is 146 Å². The molecule has 4 rings (SSSR count). The van der Waals surface area contributed by atoms with Gasteiger partial charge in [0.15, 0.2) is 0 Å². The molecule has 0 saturated heterocycles. The summed E-state index contributed by atoms with van der Waals surface area (Å²) in [6.07, 6.45) is 1.60. The first-order chi connectivity index (χ1) is 19.8. The lowest BCUT2D eigenvalue weighted by atomic mass is 9.97. The van der Waals surface area contributed by atoms with Gasteiger partial charge in [0.25, 0.3) is 5.91 Å². The number of benzene rings is 2. The van der Waals surface area contributed by atoms with E-state index in [4.69, 9.17) is 4.74 Å². The van der Waals surface area contributed by atoms with Gasteiger partial charge in [-0.3, -0.25) is 19.2 Å². The van der Waals surface area contributed by atoms with Gasteiger partial charge in [-0.2, -0.15) is 0 Å². The van der Waals surface area contributed by atoms with Gasteiger partial charge in [-0.15, -0.1) is 0 Å². The average Bonchev–Trinajstić information content (AvgIpc) is 3.39. The second-order valence-corrected chi connectivity index (χ2v) is 10.4. The van der Waals surface area contributed by atoms with Gasteiger partial charge in [-0.05, 0) is 36.6 Å². The van der Waals surface area contributed by atoms with Gasteiger partial charge in [0.05, 0.1) is 29.6 Å². The highest BCUT2D eigenvalue weighted by Gasteiger charge is 2.31. The van der Waals surface area contributed by atoms with Crippen LogP contribution < -0.4 is 20.7 Å². The Morgan fingerprint density at radius 1 is 1.10 bits per heavy atom. The molecule has 0 fully saturated rings. The van der Waals surface area contributed by atoms with Crippen LogP contribution in [0.1, 0.15) is 49.3 Å². The minimum absolute atomic E-state index is 0.132. The minimum Gasteiger partial charge on any atom is -0.491 e. The van der Waals surface area contributed by atoms with Crippen molar-refractivity contribution in [2.45, 2.75) is 51.6 Å². The molecule has 4 N–H and O–H groups in total. The van der Waals surface area contributed by atoms with E-state index in [1.54, 1.807) is 31.3 Å². The highest BCUT2D eigenvalue weighted by atomic mass is 16.5. The molecule has 0 saturated carbocycles. The maximum absolute atomic E-state index is 13.6. The molecule has 11 nitrogen and oxygen atoms in total. The summed E-state index contributed by atoms with van der Waals surface area (Å²) in [5.74, 6) is -0.751. The Morgan fingerprint density at radius 2 is 1.85 bits per heavy atom. The molecule has 0 aliphatic carbocycles. The van der Waals surface area contributed by atoms with Crippen LogP contribution in [0.3, 0.4) is 0 Å². The molecule has 3 aromatic rings. The Labute approximate surface area is 239 Å². The number of para-hydroxylation sites is 3. The van der Waals surface area contributed by atoms with Crippen LogP contribution in [0.25, 0.3) is 11.0 Å². The van der Waals surface area contributed by atoms with Gasteiger partial charge in [-0.25, -0.2) is 4.98 Å². The van der Waals surface area contributed by atoms with Crippen molar-refractivity contribution < 1.29 is 23.9 Å². The number of amides is 4. The van der Waals surface area contributed by atoms with E-state index in [1.807, 2.05) is 38.1 Å². The fourth-order valence-electron chi connectivity index (χ4n) is 4.76. The number of likely N-dealkylation sites (N-methyl/N-ethyl adjacent to an activating group) is 1. The number of nitrogens with zero attached hydrogens (tertiary/aromatic N) is 2. The van der Waals surface area contributed by atoms with Gasteiger partial charge in [0, 0.05) is 20.0 Å². The van der Waals surface area contributed by atoms with E-state index in [0.29, 0.717) is 31.6 Å². The molecular formula is C30H38N6O5. The van der Waals surface area contributed by atoms with E-state index < -0.39 is 29.8 Å². The maximum Gasteiger partial charge on any atom is 0.255 e. The van der Waals surface area contributed by atoms with Gasteiger partial charge >= 0.3 is 0 Å². The number of ether oxygens (including phenoxy) is 1. The maximum atomic E-state index is 13.6. The number of H-pyrrole nitrogens is 1. The van der Waals surface area contributed by atoms with Crippen LogP contribution in [0.2, 0.25) is 0 Å². The molecule has 0 radical (unpaired) electrons. The third kappa shape index (κ3) is 7.62. The summed E-state index contributed by atoms with van der Waals surface area (Å²) < 4.78 is 5.79. The predicted octanol–water partition coefficient (Wildman–Crippen LogP) is 2.18. The molecule has 1 aromatic heterocycles. The number of rotatable bonds is 7. The Morgan fingerprint density at radius 3 is 2.63 bits per heavy atom. The average molecular weight is 563 g/mol. The zero-order valence-electron chi connectivity index (χ0n) is 23.7. The van der Waals surface area contributed by atoms with Crippen molar-refractivity contribution in [3.05, 3.63) is 59.9 Å². The Hall–Kier alpha value is -4.41. The number of imidazole rings is 1. The summed E-state index contributed by atoms with van der Waals surface area (Å²) in [4.78, 5) is 62.3. The normalized spacial score (nSPS) is 19.1. The van der Waals surface area contributed by atoms with E-state index in [-0.39, 0.29) is 37.0 Å². The lowest BCUT2D eigenvalue weighted by Crippen LogP contribution is -2.54. The van der Waals surface area contributed by atoms with E-state index in [2.05, 4.69) is 25.9 Å². The van der Waals surface area contributed by atoms with E-state index in [9.17, 15) is 19.2 Å². The van der Waals surface area contributed by atoms with Crippen molar-refractivity contribution in [1.29, 1.82) is 0 Å². The molecule has 218 valence electrons. The molecule has 0 spiro atoms. The second-order valence-electron chi connectivity index (χ2n) is 10.4. The first kappa shape index (κ1) is 29.6. The zero-order chi connectivity index (χ0) is 29.4. The molecule has 3 atom stereocenters. The Balaban J connectivity index is 1.50. The van der Waals surface area contributed by atoms with E-state index in [1.165, 1.54) is 4.90 Å². The predicted molar refractivity (Wildman–Crippen MR) is 154 cm³/mol. The summed E-state index contributed by atoms with van der Waals surface area (Å²) in [7, 11) is 1.64. The third-order valence-corrected chi connectivity index (χ3v) is 7.32. The number of aromatic amines is 1. The summed E-state index contributed by atoms with van der Waals surface area (Å²) in [6.45, 7) is 4.54. The first-order valence-corrected chi connectivity index (χ1v) is 14.0. The molecule has 2 aromatic carbocycles. The fraction of sp³-hybridized carbons (Fsp3) is 0.433. The summed E-state index contributed by atoms with van der Waals surface area (Å²) in [5.41, 5.74) is 2.07. The SMILES string of the molecule is CC[C@H](C)[C@@H]1NC(=O)C[C@@H](C(=O)N(C)CCCc2nc3ccccc3[nH]2)NC(=O)c2ccccc2OCCNC1=O. The molecular weight excluding hydrogens is 524 g/mol. The molecule has 1 aliphatic heterocycles. The van der Waals surface area contributed by atoms with Gasteiger partial charge in [0.2, 0.25) is 17.7 Å². The smallest absolute Gasteiger partial charge is 0.255 e. The summed E-state index contributed by atoms with van der Waals surface area (Å²) in [5, 5.41) is 8.32.